The van der Waals surface area contributed by atoms with E-state index in [1.54, 1.807) is 12.3 Å². The zero-order valence-electron chi connectivity index (χ0n) is 9.21. The molecule has 5 heteroatoms. The summed E-state index contributed by atoms with van der Waals surface area (Å²) in [6.07, 6.45) is 1.60. The summed E-state index contributed by atoms with van der Waals surface area (Å²) in [5, 5.41) is 13.6. The summed E-state index contributed by atoms with van der Waals surface area (Å²) in [6, 6.07) is 13.4. The van der Waals surface area contributed by atoms with Crippen LogP contribution in [0.2, 0.25) is 5.28 Å². The molecule has 0 aliphatic heterocycles. The topological polar surface area (TPSA) is 54.0 Å². The lowest BCUT2D eigenvalue weighted by Gasteiger charge is -2.06. The number of hydrogen-bond donors (Lipinski definition) is 0. The maximum Gasteiger partial charge on any atom is 0.224 e. The SMILES string of the molecule is N#Cc1c(-c2ccccc2)nc(Cl)n2nccc12. The molecule has 0 saturated carbocycles. The normalized spacial score (nSPS) is 10.4. The van der Waals surface area contributed by atoms with E-state index >= 15 is 0 Å². The Bertz CT molecular complexity index is 756. The molecule has 2 heterocycles. The molecule has 0 aliphatic rings. The van der Waals surface area contributed by atoms with Gasteiger partial charge in [0.1, 0.15) is 11.6 Å². The van der Waals surface area contributed by atoms with Crippen molar-refractivity contribution in [2.75, 3.05) is 0 Å². The van der Waals surface area contributed by atoms with Crippen molar-refractivity contribution in [3.05, 3.63) is 53.4 Å². The maximum atomic E-state index is 9.31. The van der Waals surface area contributed by atoms with Crippen LogP contribution in [0.15, 0.2) is 42.6 Å². The Morgan fingerprint density at radius 1 is 1.17 bits per heavy atom. The van der Waals surface area contributed by atoms with Gasteiger partial charge in [0.05, 0.1) is 17.4 Å². The minimum atomic E-state index is 0.243. The third kappa shape index (κ3) is 1.53. The largest absolute Gasteiger partial charge is 0.224 e. The standard InChI is InChI=1S/C13H7ClN4/c14-13-17-12(9-4-2-1-3-5-9)10(8-15)11-6-7-16-18(11)13/h1-7H. The Balaban J connectivity index is 2.40. The highest BCUT2D eigenvalue weighted by Gasteiger charge is 2.14. The maximum absolute atomic E-state index is 9.31. The fraction of sp³-hybridized carbons (Fsp3) is 0. The minimum Gasteiger partial charge on any atom is -0.216 e. The highest BCUT2D eigenvalue weighted by molar-refractivity contribution is 6.28. The summed E-state index contributed by atoms with van der Waals surface area (Å²) in [4.78, 5) is 4.26. The van der Waals surface area contributed by atoms with E-state index in [2.05, 4.69) is 16.2 Å². The molecule has 0 atom stereocenters. The first-order valence-corrected chi connectivity index (χ1v) is 5.68. The number of rotatable bonds is 1. The fourth-order valence-electron chi connectivity index (χ4n) is 1.87. The van der Waals surface area contributed by atoms with Gasteiger partial charge in [-0.1, -0.05) is 30.3 Å². The van der Waals surface area contributed by atoms with Gasteiger partial charge in [-0.15, -0.1) is 0 Å². The van der Waals surface area contributed by atoms with Gasteiger partial charge < -0.3 is 0 Å². The molecular weight excluding hydrogens is 248 g/mol. The molecule has 4 nitrogen and oxygen atoms in total. The van der Waals surface area contributed by atoms with Crippen LogP contribution in [0.25, 0.3) is 16.8 Å². The van der Waals surface area contributed by atoms with Gasteiger partial charge in [-0.3, -0.25) is 0 Å². The Morgan fingerprint density at radius 2 is 1.94 bits per heavy atom. The van der Waals surface area contributed by atoms with E-state index in [4.69, 9.17) is 11.6 Å². The molecule has 1 aromatic carbocycles. The molecule has 18 heavy (non-hydrogen) atoms. The molecule has 3 aromatic rings. The van der Waals surface area contributed by atoms with Gasteiger partial charge in [0.15, 0.2) is 0 Å². The van der Waals surface area contributed by atoms with E-state index in [1.807, 2.05) is 30.3 Å². The Kier molecular flexibility index (Phi) is 2.47. The average Bonchev–Trinajstić information content (AvgIpc) is 2.89. The second-order valence-corrected chi connectivity index (χ2v) is 4.05. The van der Waals surface area contributed by atoms with Crippen LogP contribution < -0.4 is 0 Å². The van der Waals surface area contributed by atoms with E-state index in [0.717, 1.165) is 5.56 Å². The molecule has 86 valence electrons. The third-order valence-corrected chi connectivity index (χ3v) is 2.92. The van der Waals surface area contributed by atoms with Gasteiger partial charge in [0.25, 0.3) is 0 Å². The van der Waals surface area contributed by atoms with Crippen LogP contribution in [0.5, 0.6) is 0 Å². The first-order valence-electron chi connectivity index (χ1n) is 5.30. The summed E-state index contributed by atoms with van der Waals surface area (Å²) in [5.41, 5.74) is 2.58. The zero-order chi connectivity index (χ0) is 12.5. The molecule has 0 unspecified atom stereocenters. The van der Waals surface area contributed by atoms with E-state index in [0.29, 0.717) is 16.8 Å². The molecule has 0 aliphatic carbocycles. The number of benzene rings is 1. The van der Waals surface area contributed by atoms with Crippen LogP contribution in [0.3, 0.4) is 0 Å². The molecule has 0 amide bonds. The van der Waals surface area contributed by atoms with Crippen molar-refractivity contribution < 1.29 is 0 Å². The van der Waals surface area contributed by atoms with E-state index < -0.39 is 0 Å². The first-order chi connectivity index (χ1) is 8.81. The number of fused-ring (bicyclic) bond motifs is 1. The van der Waals surface area contributed by atoms with Crippen molar-refractivity contribution in [3.8, 4) is 17.3 Å². The molecule has 3 rings (SSSR count). The first kappa shape index (κ1) is 10.8. The minimum absolute atomic E-state index is 0.243. The number of nitriles is 1. The highest BCUT2D eigenvalue weighted by atomic mass is 35.5. The summed E-state index contributed by atoms with van der Waals surface area (Å²) in [6.45, 7) is 0. The predicted octanol–water partition coefficient (Wildman–Crippen LogP) is 2.92. The number of nitrogens with zero attached hydrogens (tertiary/aromatic N) is 4. The van der Waals surface area contributed by atoms with Crippen LogP contribution >= 0.6 is 11.6 Å². The molecule has 0 fully saturated rings. The Labute approximate surface area is 108 Å². The van der Waals surface area contributed by atoms with Crippen molar-refractivity contribution in [2.24, 2.45) is 0 Å². The van der Waals surface area contributed by atoms with Gasteiger partial charge in [0.2, 0.25) is 5.28 Å². The monoisotopic (exact) mass is 254 g/mol. The Hall–Kier alpha value is -2.38. The molecule has 2 aromatic heterocycles. The van der Waals surface area contributed by atoms with Crippen molar-refractivity contribution in [1.29, 1.82) is 5.26 Å². The van der Waals surface area contributed by atoms with Crippen molar-refractivity contribution in [1.82, 2.24) is 14.6 Å². The van der Waals surface area contributed by atoms with E-state index in [1.165, 1.54) is 4.52 Å². The fourth-order valence-corrected chi connectivity index (χ4v) is 2.09. The lowest BCUT2D eigenvalue weighted by atomic mass is 10.1. The summed E-state index contributed by atoms with van der Waals surface area (Å²) >= 11 is 6.06. The van der Waals surface area contributed by atoms with Crippen LogP contribution in [-0.2, 0) is 0 Å². The van der Waals surface area contributed by atoms with Crippen LogP contribution in [0, 0.1) is 11.3 Å². The predicted molar refractivity (Wildman–Crippen MR) is 68.1 cm³/mol. The van der Waals surface area contributed by atoms with Crippen LogP contribution in [0.4, 0.5) is 0 Å². The van der Waals surface area contributed by atoms with Crippen LogP contribution in [-0.4, -0.2) is 14.6 Å². The zero-order valence-corrected chi connectivity index (χ0v) is 9.96. The van der Waals surface area contributed by atoms with Gasteiger partial charge >= 0.3 is 0 Å². The van der Waals surface area contributed by atoms with Gasteiger partial charge in [-0.05, 0) is 17.7 Å². The van der Waals surface area contributed by atoms with E-state index in [9.17, 15) is 5.26 Å². The van der Waals surface area contributed by atoms with Crippen molar-refractivity contribution in [2.45, 2.75) is 0 Å². The smallest absolute Gasteiger partial charge is 0.216 e. The quantitative estimate of drug-likeness (QED) is 0.628. The van der Waals surface area contributed by atoms with Gasteiger partial charge in [-0.25, -0.2) is 9.50 Å². The lowest BCUT2D eigenvalue weighted by Crippen LogP contribution is -1.99. The summed E-state index contributed by atoms with van der Waals surface area (Å²) in [5.74, 6) is 0. The molecular formula is C13H7ClN4. The van der Waals surface area contributed by atoms with Gasteiger partial charge in [0, 0.05) is 5.56 Å². The Morgan fingerprint density at radius 3 is 2.67 bits per heavy atom. The molecule has 0 saturated heterocycles. The molecule has 0 spiro atoms. The summed E-state index contributed by atoms with van der Waals surface area (Å²) < 4.78 is 1.45. The lowest BCUT2D eigenvalue weighted by molar-refractivity contribution is 0.922. The third-order valence-electron chi connectivity index (χ3n) is 2.67. The second-order valence-electron chi connectivity index (χ2n) is 3.71. The highest BCUT2D eigenvalue weighted by Crippen LogP contribution is 2.26. The van der Waals surface area contributed by atoms with Gasteiger partial charge in [-0.2, -0.15) is 10.4 Å². The van der Waals surface area contributed by atoms with Crippen molar-refractivity contribution in [3.63, 3.8) is 0 Å². The number of halogens is 1. The molecule has 0 radical (unpaired) electrons. The molecule has 0 N–H and O–H groups in total. The average molecular weight is 255 g/mol. The summed E-state index contributed by atoms with van der Waals surface area (Å²) in [7, 11) is 0. The second kappa shape index (κ2) is 4.13. The van der Waals surface area contributed by atoms with E-state index in [-0.39, 0.29) is 5.28 Å². The number of hydrogen-bond acceptors (Lipinski definition) is 3. The van der Waals surface area contributed by atoms with Crippen molar-refractivity contribution >= 4 is 17.1 Å². The molecule has 0 bridgehead atoms. The van der Waals surface area contributed by atoms with Crippen LogP contribution in [0.1, 0.15) is 5.56 Å². The number of aromatic nitrogens is 3.